The average molecular weight is 252 g/mol. The molecular weight excluding hydrogens is 228 g/mol. The Labute approximate surface area is 109 Å². The standard InChI is InChI=1S/C15H24O3/c1-7(16)9-5-8-6-10-13(17)12(9)11(8)14(10)18-15(2,3)4/h8-14,17H,5-6H2,1-4H3/t8-,9-,10-,11+,12-,13-,14+/m1/s1. The summed E-state index contributed by atoms with van der Waals surface area (Å²) >= 11 is 0. The molecule has 2 bridgehead atoms. The van der Waals surface area contributed by atoms with Gasteiger partial charge in [-0.25, -0.2) is 0 Å². The van der Waals surface area contributed by atoms with E-state index in [9.17, 15) is 9.90 Å². The Kier molecular flexibility index (Phi) is 2.66. The fraction of sp³-hybridized carbons (Fsp3) is 0.933. The summed E-state index contributed by atoms with van der Waals surface area (Å²) < 4.78 is 6.19. The van der Waals surface area contributed by atoms with Crippen LogP contribution in [0.25, 0.3) is 0 Å². The van der Waals surface area contributed by atoms with Crippen LogP contribution in [0, 0.1) is 29.6 Å². The molecule has 0 heterocycles. The molecule has 3 saturated carbocycles. The maximum absolute atomic E-state index is 11.7. The molecule has 3 nitrogen and oxygen atoms in total. The molecule has 3 fully saturated rings. The van der Waals surface area contributed by atoms with Gasteiger partial charge < -0.3 is 9.84 Å². The van der Waals surface area contributed by atoms with Crippen LogP contribution in [0.5, 0.6) is 0 Å². The summed E-state index contributed by atoms with van der Waals surface area (Å²) in [7, 11) is 0. The first-order valence-electron chi connectivity index (χ1n) is 7.16. The van der Waals surface area contributed by atoms with Crippen molar-refractivity contribution in [1.29, 1.82) is 0 Å². The van der Waals surface area contributed by atoms with E-state index >= 15 is 0 Å². The first-order valence-corrected chi connectivity index (χ1v) is 7.16. The number of aliphatic hydroxyl groups excluding tert-OH is 1. The molecule has 7 atom stereocenters. The van der Waals surface area contributed by atoms with Crippen molar-refractivity contribution in [3.63, 3.8) is 0 Å². The van der Waals surface area contributed by atoms with Crippen molar-refractivity contribution in [3.05, 3.63) is 0 Å². The molecule has 0 aromatic heterocycles. The lowest BCUT2D eigenvalue weighted by Gasteiger charge is -2.28. The Balaban J connectivity index is 1.86. The highest BCUT2D eigenvalue weighted by atomic mass is 16.5. The van der Waals surface area contributed by atoms with E-state index in [0.29, 0.717) is 11.8 Å². The van der Waals surface area contributed by atoms with Crippen LogP contribution in [0.15, 0.2) is 0 Å². The Morgan fingerprint density at radius 1 is 1.22 bits per heavy atom. The van der Waals surface area contributed by atoms with Gasteiger partial charge >= 0.3 is 0 Å². The number of ketones is 1. The van der Waals surface area contributed by atoms with E-state index in [1.165, 1.54) is 0 Å². The number of hydrogen-bond acceptors (Lipinski definition) is 3. The van der Waals surface area contributed by atoms with Crippen LogP contribution in [-0.2, 0) is 9.53 Å². The molecule has 1 N–H and O–H groups in total. The highest BCUT2D eigenvalue weighted by Gasteiger charge is 2.66. The van der Waals surface area contributed by atoms with Gasteiger partial charge in [-0.05, 0) is 52.4 Å². The minimum absolute atomic E-state index is 0.0774. The Morgan fingerprint density at radius 3 is 2.44 bits per heavy atom. The summed E-state index contributed by atoms with van der Waals surface area (Å²) in [5.41, 5.74) is -0.166. The largest absolute Gasteiger partial charge is 0.392 e. The SMILES string of the molecule is CC(=O)[C@H]1C[C@@H]2C[C@@H]3[C@@H](O)[C@H]1[C@H]2[C@H]3OC(C)(C)C. The van der Waals surface area contributed by atoms with E-state index in [1.54, 1.807) is 6.92 Å². The number of fused-ring (bicyclic) bond motifs is 1. The minimum atomic E-state index is -0.324. The zero-order chi connectivity index (χ0) is 13.2. The van der Waals surface area contributed by atoms with E-state index in [4.69, 9.17) is 4.74 Å². The normalized spacial score (nSPS) is 49.9. The molecule has 3 rings (SSSR count). The van der Waals surface area contributed by atoms with Crippen LogP contribution >= 0.6 is 0 Å². The number of ether oxygens (including phenoxy) is 1. The summed E-state index contributed by atoms with van der Waals surface area (Å²) in [6, 6.07) is 0. The number of carbonyl (C=O) groups excluding carboxylic acids is 1. The zero-order valence-electron chi connectivity index (χ0n) is 11.7. The molecule has 3 aliphatic carbocycles. The van der Waals surface area contributed by atoms with Gasteiger partial charge in [0, 0.05) is 17.8 Å². The summed E-state index contributed by atoms with van der Waals surface area (Å²) in [4.78, 5) is 11.7. The molecule has 18 heavy (non-hydrogen) atoms. The van der Waals surface area contributed by atoms with Gasteiger partial charge in [0.2, 0.25) is 0 Å². The third-order valence-corrected chi connectivity index (χ3v) is 5.23. The van der Waals surface area contributed by atoms with Crippen molar-refractivity contribution in [3.8, 4) is 0 Å². The second-order valence-corrected chi connectivity index (χ2v) is 7.45. The summed E-state index contributed by atoms with van der Waals surface area (Å²) in [6.07, 6.45) is 1.86. The fourth-order valence-corrected chi connectivity index (χ4v) is 4.83. The predicted octanol–water partition coefficient (Wildman–Crippen LogP) is 2.02. The Hall–Kier alpha value is -0.410. The first kappa shape index (κ1) is 12.6. The van der Waals surface area contributed by atoms with E-state index in [1.807, 2.05) is 0 Å². The Bertz CT molecular complexity index is 370. The zero-order valence-corrected chi connectivity index (χ0v) is 11.7. The van der Waals surface area contributed by atoms with Crippen molar-refractivity contribution in [2.45, 2.75) is 58.3 Å². The lowest BCUT2D eigenvalue weighted by Crippen LogP contribution is -2.31. The molecule has 0 spiro atoms. The number of aliphatic hydroxyl groups is 1. The van der Waals surface area contributed by atoms with Gasteiger partial charge in [0.25, 0.3) is 0 Å². The maximum Gasteiger partial charge on any atom is 0.133 e. The van der Waals surface area contributed by atoms with Gasteiger partial charge in [-0.1, -0.05) is 0 Å². The lowest BCUT2D eigenvalue weighted by atomic mass is 9.83. The molecule has 0 aromatic rings. The van der Waals surface area contributed by atoms with Crippen LogP contribution in [0.3, 0.4) is 0 Å². The smallest absolute Gasteiger partial charge is 0.133 e. The molecule has 0 aromatic carbocycles. The molecule has 0 saturated heterocycles. The van der Waals surface area contributed by atoms with Crippen LogP contribution in [0.1, 0.15) is 40.5 Å². The highest BCUT2D eigenvalue weighted by Crippen LogP contribution is 2.63. The van der Waals surface area contributed by atoms with Gasteiger partial charge in [-0.15, -0.1) is 0 Å². The van der Waals surface area contributed by atoms with E-state index in [-0.39, 0.29) is 41.3 Å². The van der Waals surface area contributed by atoms with Crippen LogP contribution in [0.2, 0.25) is 0 Å². The second-order valence-electron chi connectivity index (χ2n) is 7.45. The monoisotopic (exact) mass is 252 g/mol. The maximum atomic E-state index is 11.7. The summed E-state index contributed by atoms with van der Waals surface area (Å²) in [5.74, 6) is 1.77. The minimum Gasteiger partial charge on any atom is -0.392 e. The van der Waals surface area contributed by atoms with Crippen LogP contribution < -0.4 is 0 Å². The van der Waals surface area contributed by atoms with Crippen molar-refractivity contribution in [2.24, 2.45) is 29.6 Å². The van der Waals surface area contributed by atoms with Crippen molar-refractivity contribution >= 4 is 5.78 Å². The number of carbonyl (C=O) groups is 1. The molecule has 0 amide bonds. The number of Topliss-reactive ketones (excluding diaryl/α,β-unsaturated/α-hetero) is 1. The molecule has 3 heteroatoms. The lowest BCUT2D eigenvalue weighted by molar-refractivity contribution is -0.123. The molecular formula is C15H24O3. The summed E-state index contributed by atoms with van der Waals surface area (Å²) in [5, 5.41) is 10.5. The van der Waals surface area contributed by atoms with Gasteiger partial charge in [0.05, 0.1) is 17.8 Å². The van der Waals surface area contributed by atoms with Gasteiger partial charge in [0.15, 0.2) is 0 Å². The average Bonchev–Trinajstić information content (AvgIpc) is 2.76. The topological polar surface area (TPSA) is 46.5 Å². The molecule has 3 aliphatic rings. The second kappa shape index (κ2) is 3.80. The molecule has 0 aliphatic heterocycles. The van der Waals surface area contributed by atoms with E-state index < -0.39 is 0 Å². The quantitative estimate of drug-likeness (QED) is 0.818. The molecule has 0 radical (unpaired) electrons. The highest BCUT2D eigenvalue weighted by molar-refractivity contribution is 5.79. The predicted molar refractivity (Wildman–Crippen MR) is 68.0 cm³/mol. The van der Waals surface area contributed by atoms with E-state index in [2.05, 4.69) is 20.8 Å². The van der Waals surface area contributed by atoms with Gasteiger partial charge in [0.1, 0.15) is 5.78 Å². The molecule has 0 unspecified atom stereocenters. The number of hydrogen-bond donors (Lipinski definition) is 1. The summed E-state index contributed by atoms with van der Waals surface area (Å²) in [6.45, 7) is 7.89. The third kappa shape index (κ3) is 1.67. The molecule has 102 valence electrons. The van der Waals surface area contributed by atoms with Crippen molar-refractivity contribution in [2.75, 3.05) is 0 Å². The first-order chi connectivity index (χ1) is 8.29. The van der Waals surface area contributed by atoms with Crippen molar-refractivity contribution < 1.29 is 14.6 Å². The third-order valence-electron chi connectivity index (χ3n) is 5.23. The number of rotatable bonds is 2. The van der Waals surface area contributed by atoms with E-state index in [0.717, 1.165) is 12.8 Å². The van der Waals surface area contributed by atoms with Crippen LogP contribution in [0.4, 0.5) is 0 Å². The van der Waals surface area contributed by atoms with Crippen LogP contribution in [-0.4, -0.2) is 28.7 Å². The van der Waals surface area contributed by atoms with Gasteiger partial charge in [-0.3, -0.25) is 4.79 Å². The fourth-order valence-electron chi connectivity index (χ4n) is 4.83. The Morgan fingerprint density at radius 2 is 1.89 bits per heavy atom. The van der Waals surface area contributed by atoms with Gasteiger partial charge in [-0.2, -0.15) is 0 Å². The van der Waals surface area contributed by atoms with Crippen molar-refractivity contribution in [1.82, 2.24) is 0 Å².